The molecule has 2 nitrogen and oxygen atoms in total. The summed E-state index contributed by atoms with van der Waals surface area (Å²) in [7, 11) is -2.66. The summed E-state index contributed by atoms with van der Waals surface area (Å²) in [5.41, 5.74) is 2.99. The van der Waals surface area contributed by atoms with Gasteiger partial charge in [0, 0.05) is 0 Å². The number of rotatable bonds is 4. The number of hydrogen-bond acceptors (Lipinski definition) is 2. The van der Waals surface area contributed by atoms with Crippen molar-refractivity contribution in [3.8, 4) is 0 Å². The van der Waals surface area contributed by atoms with Crippen LogP contribution >= 0.6 is 0 Å². The number of hydrogen-bond donors (Lipinski definition) is 0. The average Bonchev–Trinajstić information content (AvgIpc) is 3.42. The summed E-state index contributed by atoms with van der Waals surface area (Å²) in [5, 5.41) is 3.14. The molecule has 0 aromatic carbocycles. The molecule has 4 rings (SSSR count). The van der Waals surface area contributed by atoms with Gasteiger partial charge in [0.05, 0.1) is 0 Å². The molecule has 2 heterocycles. The molecule has 29 heavy (non-hydrogen) atoms. The molecule has 2 aliphatic heterocycles. The molecule has 0 N–H and O–H groups in total. The largest absolute Gasteiger partial charge is 2.00 e. The van der Waals surface area contributed by atoms with Crippen LogP contribution in [0.1, 0.15) is 52.4 Å². The smallest absolute Gasteiger partial charge is 0.322 e. The van der Waals surface area contributed by atoms with Crippen molar-refractivity contribution in [1.29, 1.82) is 0 Å². The molecular weight excluding hydrogens is 464 g/mol. The summed E-state index contributed by atoms with van der Waals surface area (Å²) in [6.07, 6.45) is 19.4. The standard InChI is InChI=1S/2C12H20NSi.Zr/c2*1-11-7-6-8-12(11)14(2,3)13-9-4-5-10-13;/h2*7H,4-6,9-10H2,1-3H3;/q2*-1;+2. The first-order chi connectivity index (χ1) is 13.2. The normalized spacial score (nSPS) is 23.1. The van der Waals surface area contributed by atoms with E-state index in [0.29, 0.717) is 0 Å². The predicted octanol–water partition coefficient (Wildman–Crippen LogP) is 5.81. The van der Waals surface area contributed by atoms with Gasteiger partial charge in [0.1, 0.15) is 16.5 Å². The molecule has 5 heteroatoms. The van der Waals surface area contributed by atoms with Gasteiger partial charge in [-0.1, -0.05) is 26.2 Å². The van der Waals surface area contributed by atoms with Crippen LogP contribution in [0.4, 0.5) is 0 Å². The van der Waals surface area contributed by atoms with Crippen molar-refractivity contribution in [1.82, 2.24) is 9.13 Å². The zero-order valence-electron chi connectivity index (χ0n) is 19.6. The van der Waals surface area contributed by atoms with Crippen LogP contribution in [0.2, 0.25) is 26.2 Å². The SMILES string of the molecule is CC1=CC[C-]=C1[Si](C)(C)N1CCCC1.CC1=CC[C-]=C1[Si](C)(C)N1CCCC1.[Zr+2]. The van der Waals surface area contributed by atoms with Crippen molar-refractivity contribution in [3.05, 3.63) is 45.8 Å². The van der Waals surface area contributed by atoms with Crippen LogP contribution in [-0.2, 0) is 26.2 Å². The Balaban J connectivity index is 0.000000200. The van der Waals surface area contributed by atoms with E-state index in [1.165, 1.54) is 63.0 Å². The first kappa shape index (κ1) is 25.5. The van der Waals surface area contributed by atoms with Crippen LogP contribution in [0.5, 0.6) is 0 Å². The van der Waals surface area contributed by atoms with E-state index in [4.69, 9.17) is 0 Å². The minimum absolute atomic E-state index is 0. The summed E-state index contributed by atoms with van der Waals surface area (Å²) in [6.45, 7) is 19.7. The molecule has 0 saturated carbocycles. The van der Waals surface area contributed by atoms with E-state index in [1.807, 2.05) is 0 Å². The molecule has 2 fully saturated rings. The maximum absolute atomic E-state index is 3.57. The fourth-order valence-corrected chi connectivity index (χ4v) is 12.1. The molecule has 2 aliphatic carbocycles. The van der Waals surface area contributed by atoms with Crippen LogP contribution in [0.15, 0.2) is 33.7 Å². The molecule has 0 amide bonds. The molecule has 0 aromatic rings. The Bertz CT molecular complexity index is 632. The van der Waals surface area contributed by atoms with E-state index < -0.39 is 16.5 Å². The van der Waals surface area contributed by atoms with Gasteiger partial charge in [-0.3, -0.25) is 12.2 Å². The topological polar surface area (TPSA) is 6.48 Å². The van der Waals surface area contributed by atoms with Gasteiger partial charge in [0.15, 0.2) is 0 Å². The summed E-state index contributed by atoms with van der Waals surface area (Å²) in [6, 6.07) is 0. The van der Waals surface area contributed by atoms with Crippen LogP contribution < -0.4 is 0 Å². The summed E-state index contributed by atoms with van der Waals surface area (Å²) >= 11 is 0. The van der Waals surface area contributed by atoms with E-state index >= 15 is 0 Å². The summed E-state index contributed by atoms with van der Waals surface area (Å²) < 4.78 is 5.47. The third-order valence-electron chi connectivity index (χ3n) is 7.18. The monoisotopic (exact) mass is 502 g/mol. The first-order valence-electron chi connectivity index (χ1n) is 11.3. The minimum Gasteiger partial charge on any atom is -0.322 e. The molecular formula is C24H40N2Si2Zr. The third kappa shape index (κ3) is 5.71. The summed E-state index contributed by atoms with van der Waals surface area (Å²) in [4.78, 5) is 0. The van der Waals surface area contributed by atoms with Crippen molar-refractivity contribution in [3.63, 3.8) is 0 Å². The molecule has 0 bridgehead atoms. The predicted molar refractivity (Wildman–Crippen MR) is 127 cm³/mol. The maximum Gasteiger partial charge on any atom is 2.00 e. The Morgan fingerprint density at radius 3 is 1.21 bits per heavy atom. The van der Waals surface area contributed by atoms with E-state index in [2.05, 4.69) is 73.5 Å². The van der Waals surface area contributed by atoms with E-state index in [9.17, 15) is 0 Å². The molecule has 0 atom stereocenters. The quantitative estimate of drug-likeness (QED) is 0.353. The van der Waals surface area contributed by atoms with Gasteiger partial charge < -0.3 is 9.13 Å². The van der Waals surface area contributed by atoms with Gasteiger partial charge in [-0.05, 0) is 51.9 Å². The Kier molecular flexibility index (Phi) is 9.37. The average molecular weight is 504 g/mol. The zero-order chi connectivity index (χ0) is 20.4. The molecule has 0 unspecified atom stereocenters. The molecule has 0 radical (unpaired) electrons. The van der Waals surface area contributed by atoms with Gasteiger partial charge in [0.25, 0.3) is 0 Å². The van der Waals surface area contributed by atoms with Crippen LogP contribution in [0, 0.1) is 12.2 Å². The second kappa shape index (κ2) is 10.7. The van der Waals surface area contributed by atoms with Gasteiger partial charge in [-0.15, -0.1) is 26.7 Å². The fraction of sp³-hybridized carbons (Fsp3) is 0.667. The first-order valence-corrected chi connectivity index (χ1v) is 17.2. The fourth-order valence-electron chi connectivity index (χ4n) is 5.36. The zero-order valence-corrected chi connectivity index (χ0v) is 24.1. The van der Waals surface area contributed by atoms with Crippen LogP contribution in [0.25, 0.3) is 0 Å². The summed E-state index contributed by atoms with van der Waals surface area (Å²) in [5.74, 6) is 0. The Labute approximate surface area is 201 Å². The van der Waals surface area contributed by atoms with Gasteiger partial charge in [0.2, 0.25) is 0 Å². The van der Waals surface area contributed by atoms with Crippen LogP contribution in [0.3, 0.4) is 0 Å². The molecule has 4 aliphatic rings. The molecule has 0 spiro atoms. The minimum atomic E-state index is -1.33. The molecule has 158 valence electrons. The van der Waals surface area contributed by atoms with E-state index in [-0.39, 0.29) is 26.2 Å². The second-order valence-electron chi connectivity index (χ2n) is 9.79. The maximum atomic E-state index is 3.57. The molecule has 2 saturated heterocycles. The third-order valence-corrected chi connectivity index (χ3v) is 14.8. The van der Waals surface area contributed by atoms with E-state index in [0.717, 1.165) is 12.8 Å². The Hall–Kier alpha value is 0.197. The van der Waals surface area contributed by atoms with Gasteiger partial charge in [-0.2, -0.15) is 12.2 Å². The van der Waals surface area contributed by atoms with Crippen molar-refractivity contribution >= 4 is 16.5 Å². The number of allylic oxidation sites excluding steroid dienone is 8. The van der Waals surface area contributed by atoms with Crippen molar-refractivity contribution in [2.24, 2.45) is 0 Å². The van der Waals surface area contributed by atoms with Crippen molar-refractivity contribution in [2.45, 2.75) is 78.6 Å². The van der Waals surface area contributed by atoms with Crippen molar-refractivity contribution in [2.75, 3.05) is 26.2 Å². The number of nitrogens with zero attached hydrogens (tertiary/aromatic N) is 2. The Morgan fingerprint density at radius 1 is 0.655 bits per heavy atom. The second-order valence-corrected chi connectivity index (χ2v) is 18.3. The van der Waals surface area contributed by atoms with Crippen molar-refractivity contribution < 1.29 is 26.2 Å². The van der Waals surface area contributed by atoms with E-state index in [1.54, 1.807) is 10.4 Å². The molecule has 0 aromatic heterocycles. The van der Waals surface area contributed by atoms with Crippen LogP contribution in [-0.4, -0.2) is 51.8 Å². The van der Waals surface area contributed by atoms with Gasteiger partial charge >= 0.3 is 26.2 Å². The van der Waals surface area contributed by atoms with Gasteiger partial charge in [-0.25, -0.2) is 21.5 Å². The Morgan fingerprint density at radius 2 is 0.966 bits per heavy atom.